The van der Waals surface area contributed by atoms with Crippen molar-refractivity contribution in [3.8, 4) is 5.75 Å². The van der Waals surface area contributed by atoms with E-state index in [0.717, 1.165) is 11.3 Å². The number of thiophene rings is 1. The summed E-state index contributed by atoms with van der Waals surface area (Å²) in [7, 11) is 2.75. The lowest BCUT2D eigenvalue weighted by Crippen LogP contribution is -2.29. The molecule has 0 saturated carbocycles. The van der Waals surface area contributed by atoms with Gasteiger partial charge in [-0.25, -0.2) is 9.78 Å². The fourth-order valence-electron chi connectivity index (χ4n) is 3.44. The molecule has 1 atom stereocenters. The van der Waals surface area contributed by atoms with Gasteiger partial charge in [-0.1, -0.05) is 29.5 Å². The first-order valence-electron chi connectivity index (χ1n) is 9.42. The number of hydrogen-bond donors (Lipinski definition) is 1. The first-order valence-corrected chi connectivity index (χ1v) is 11.1. The number of Topliss-reactive ketones (excluding diaryl/α,β-unsaturated/α-hetero) is 1. The van der Waals surface area contributed by atoms with Crippen LogP contribution in [0.2, 0.25) is 0 Å². The molecule has 1 aliphatic rings. The summed E-state index contributed by atoms with van der Waals surface area (Å²) in [5.41, 5.74) is 0.670. The number of aryl methyl sites for hydroxylation is 1. The molecule has 1 fully saturated rings. The maximum Gasteiger partial charge on any atom is 0.350 e. The molecule has 3 aromatic rings. The molecular weight excluding hydrogens is 452 g/mol. The SMILES string of the molecule is COC(=O)c1sc(N2C(=O)C(=O)/C(=C(\O)c3cccc(OC)c3)C2c2cccs2)nc1C. The van der Waals surface area contributed by atoms with Crippen LogP contribution in [0.5, 0.6) is 5.75 Å². The molecule has 0 spiro atoms. The summed E-state index contributed by atoms with van der Waals surface area (Å²) in [4.78, 5) is 44.7. The Kier molecular flexibility index (Phi) is 5.81. The van der Waals surface area contributed by atoms with E-state index >= 15 is 0 Å². The van der Waals surface area contributed by atoms with Crippen LogP contribution in [-0.4, -0.2) is 42.0 Å². The zero-order chi connectivity index (χ0) is 23.0. The molecule has 164 valence electrons. The first kappa shape index (κ1) is 21.7. The van der Waals surface area contributed by atoms with E-state index in [1.165, 1.54) is 30.5 Å². The van der Waals surface area contributed by atoms with Crippen molar-refractivity contribution < 1.29 is 29.0 Å². The first-order chi connectivity index (χ1) is 15.4. The Morgan fingerprint density at radius 1 is 1.19 bits per heavy atom. The lowest BCUT2D eigenvalue weighted by molar-refractivity contribution is -0.132. The number of nitrogens with zero attached hydrogens (tertiary/aromatic N) is 2. The van der Waals surface area contributed by atoms with Crippen molar-refractivity contribution in [1.29, 1.82) is 0 Å². The number of esters is 1. The number of amides is 1. The smallest absolute Gasteiger partial charge is 0.350 e. The van der Waals surface area contributed by atoms with E-state index in [9.17, 15) is 19.5 Å². The third-order valence-electron chi connectivity index (χ3n) is 4.96. The predicted octanol–water partition coefficient (Wildman–Crippen LogP) is 3.93. The van der Waals surface area contributed by atoms with E-state index in [0.29, 0.717) is 21.9 Å². The standard InChI is InChI=1S/C22H18N2O6S2/c1-11-19(21(28)30-3)32-22(23-11)24-16(14-8-5-9-31-14)15(18(26)20(24)27)17(25)12-6-4-7-13(10-12)29-2/h4-10,16,25H,1-3H3/b17-15-. The van der Waals surface area contributed by atoms with E-state index in [4.69, 9.17) is 9.47 Å². The number of thiazole rings is 1. The minimum atomic E-state index is -0.891. The molecule has 1 aliphatic heterocycles. The zero-order valence-electron chi connectivity index (χ0n) is 17.3. The number of aromatic nitrogens is 1. The fraction of sp³-hybridized carbons (Fsp3) is 0.182. The number of anilines is 1. The number of carbonyl (C=O) groups is 3. The van der Waals surface area contributed by atoms with Crippen molar-refractivity contribution >= 4 is 51.2 Å². The van der Waals surface area contributed by atoms with E-state index in [1.807, 2.05) is 5.38 Å². The summed E-state index contributed by atoms with van der Waals surface area (Å²) in [6.45, 7) is 1.62. The minimum absolute atomic E-state index is 0.0572. The highest BCUT2D eigenvalue weighted by atomic mass is 32.1. The van der Waals surface area contributed by atoms with Gasteiger partial charge in [-0.15, -0.1) is 11.3 Å². The largest absolute Gasteiger partial charge is 0.507 e. The molecular formula is C22H18N2O6S2. The van der Waals surface area contributed by atoms with Crippen molar-refractivity contribution in [2.24, 2.45) is 0 Å². The van der Waals surface area contributed by atoms with Gasteiger partial charge in [-0.05, 0) is 30.5 Å². The maximum atomic E-state index is 13.1. The molecule has 4 rings (SSSR count). The molecule has 2 aromatic heterocycles. The molecule has 1 amide bonds. The van der Waals surface area contributed by atoms with Crippen molar-refractivity contribution in [2.45, 2.75) is 13.0 Å². The van der Waals surface area contributed by atoms with Gasteiger partial charge in [-0.2, -0.15) is 0 Å². The van der Waals surface area contributed by atoms with Crippen LogP contribution in [0.4, 0.5) is 5.13 Å². The number of methoxy groups -OCH3 is 2. The van der Waals surface area contributed by atoms with Gasteiger partial charge >= 0.3 is 11.9 Å². The Bertz CT molecular complexity index is 1250. The van der Waals surface area contributed by atoms with Crippen LogP contribution in [0.1, 0.15) is 31.8 Å². The van der Waals surface area contributed by atoms with Gasteiger partial charge in [0.15, 0.2) is 5.13 Å². The van der Waals surface area contributed by atoms with Crippen LogP contribution in [0, 0.1) is 6.92 Å². The van der Waals surface area contributed by atoms with Crippen molar-refractivity contribution in [1.82, 2.24) is 4.98 Å². The average molecular weight is 471 g/mol. The normalized spacial score (nSPS) is 17.6. The lowest BCUT2D eigenvalue weighted by atomic mass is 10.00. The number of ether oxygens (including phenoxy) is 2. The van der Waals surface area contributed by atoms with Gasteiger partial charge in [0.1, 0.15) is 22.4 Å². The predicted molar refractivity (Wildman–Crippen MR) is 120 cm³/mol. The number of hydrogen-bond acceptors (Lipinski definition) is 9. The van der Waals surface area contributed by atoms with Crippen molar-refractivity contribution in [2.75, 3.05) is 19.1 Å². The summed E-state index contributed by atoms with van der Waals surface area (Å²) in [6, 6.07) is 9.26. The minimum Gasteiger partial charge on any atom is -0.507 e. The summed E-state index contributed by atoms with van der Waals surface area (Å²) in [6.07, 6.45) is 0. The quantitative estimate of drug-likeness (QED) is 0.261. The summed E-state index contributed by atoms with van der Waals surface area (Å²) < 4.78 is 9.99. The van der Waals surface area contributed by atoms with E-state index in [1.54, 1.807) is 43.3 Å². The molecule has 3 heterocycles. The molecule has 0 aliphatic carbocycles. The van der Waals surface area contributed by atoms with Crippen LogP contribution in [-0.2, 0) is 14.3 Å². The fourth-order valence-corrected chi connectivity index (χ4v) is 5.27. The number of aliphatic hydroxyl groups excluding tert-OH is 1. The van der Waals surface area contributed by atoms with E-state index < -0.39 is 23.7 Å². The molecule has 10 heteroatoms. The van der Waals surface area contributed by atoms with Crippen molar-refractivity contribution in [3.05, 3.63) is 68.4 Å². The Balaban J connectivity index is 1.90. The van der Waals surface area contributed by atoms with Crippen LogP contribution in [0.15, 0.2) is 47.4 Å². The number of rotatable bonds is 5. The molecule has 1 N–H and O–H groups in total. The molecule has 1 aromatic carbocycles. The van der Waals surface area contributed by atoms with Gasteiger partial charge in [0.25, 0.3) is 5.78 Å². The lowest BCUT2D eigenvalue weighted by Gasteiger charge is -2.21. The van der Waals surface area contributed by atoms with E-state index in [2.05, 4.69) is 4.98 Å². The topological polar surface area (TPSA) is 106 Å². The highest BCUT2D eigenvalue weighted by Crippen LogP contribution is 2.45. The molecule has 0 radical (unpaired) electrons. The molecule has 32 heavy (non-hydrogen) atoms. The summed E-state index contributed by atoms with van der Waals surface area (Å²) >= 11 is 2.30. The second kappa shape index (κ2) is 8.56. The Morgan fingerprint density at radius 3 is 2.62 bits per heavy atom. The van der Waals surface area contributed by atoms with Crippen LogP contribution >= 0.6 is 22.7 Å². The van der Waals surface area contributed by atoms with Crippen LogP contribution in [0.25, 0.3) is 5.76 Å². The monoisotopic (exact) mass is 470 g/mol. The number of benzene rings is 1. The molecule has 1 saturated heterocycles. The summed E-state index contributed by atoms with van der Waals surface area (Å²) in [5.74, 6) is -2.07. The second-order valence-electron chi connectivity index (χ2n) is 6.82. The van der Waals surface area contributed by atoms with Gasteiger partial charge < -0.3 is 14.6 Å². The third kappa shape index (κ3) is 3.57. The molecule has 0 bridgehead atoms. The summed E-state index contributed by atoms with van der Waals surface area (Å²) in [5, 5.41) is 13.1. The average Bonchev–Trinajstić information content (AvgIpc) is 3.52. The number of carbonyl (C=O) groups excluding carboxylic acids is 3. The van der Waals surface area contributed by atoms with Gasteiger partial charge in [0.2, 0.25) is 0 Å². The van der Waals surface area contributed by atoms with Crippen LogP contribution in [0.3, 0.4) is 0 Å². The molecule has 8 nitrogen and oxygen atoms in total. The Hall–Kier alpha value is -3.50. The maximum absolute atomic E-state index is 13.1. The Labute approximate surface area is 191 Å². The highest BCUT2D eigenvalue weighted by molar-refractivity contribution is 7.18. The van der Waals surface area contributed by atoms with E-state index in [-0.39, 0.29) is 21.3 Å². The number of ketones is 1. The number of aliphatic hydroxyl groups is 1. The Morgan fingerprint density at radius 2 is 1.97 bits per heavy atom. The zero-order valence-corrected chi connectivity index (χ0v) is 19.0. The molecule has 1 unspecified atom stereocenters. The van der Waals surface area contributed by atoms with Gasteiger partial charge in [0, 0.05) is 10.4 Å². The van der Waals surface area contributed by atoms with Crippen LogP contribution < -0.4 is 9.64 Å². The second-order valence-corrected chi connectivity index (χ2v) is 8.78. The highest BCUT2D eigenvalue weighted by Gasteiger charge is 2.48. The van der Waals surface area contributed by atoms with Gasteiger partial charge in [-0.3, -0.25) is 14.5 Å². The van der Waals surface area contributed by atoms with Crippen molar-refractivity contribution in [3.63, 3.8) is 0 Å². The van der Waals surface area contributed by atoms with Gasteiger partial charge in [0.05, 0.1) is 25.5 Å². The third-order valence-corrected chi connectivity index (χ3v) is 7.02.